The Morgan fingerprint density at radius 3 is 2.62 bits per heavy atom. The molecule has 21 heavy (non-hydrogen) atoms. The SMILES string of the molecule is CCOCCC(=O)OCc1ccc2cc(OC)ccc2c1. The highest BCUT2D eigenvalue weighted by Gasteiger charge is 2.04. The van der Waals surface area contributed by atoms with Gasteiger partial charge in [0.25, 0.3) is 0 Å². The van der Waals surface area contributed by atoms with E-state index >= 15 is 0 Å². The van der Waals surface area contributed by atoms with Gasteiger partial charge in [0.2, 0.25) is 0 Å². The van der Waals surface area contributed by atoms with Gasteiger partial charge in [0, 0.05) is 6.61 Å². The molecule has 0 atom stereocenters. The molecule has 0 bridgehead atoms. The average Bonchev–Trinajstić information content (AvgIpc) is 2.52. The summed E-state index contributed by atoms with van der Waals surface area (Å²) in [5.41, 5.74) is 0.970. The van der Waals surface area contributed by atoms with Crippen molar-refractivity contribution < 1.29 is 19.0 Å². The smallest absolute Gasteiger partial charge is 0.308 e. The molecule has 2 aromatic carbocycles. The number of hydrogen-bond acceptors (Lipinski definition) is 4. The minimum absolute atomic E-state index is 0.238. The van der Waals surface area contributed by atoms with Crippen LogP contribution in [0, 0.1) is 0 Å². The number of fused-ring (bicyclic) bond motifs is 1. The van der Waals surface area contributed by atoms with Crippen LogP contribution >= 0.6 is 0 Å². The Morgan fingerprint density at radius 2 is 1.86 bits per heavy atom. The summed E-state index contributed by atoms with van der Waals surface area (Å²) in [5.74, 6) is 0.593. The van der Waals surface area contributed by atoms with Crippen molar-refractivity contribution >= 4 is 16.7 Å². The van der Waals surface area contributed by atoms with Crippen LogP contribution in [0.25, 0.3) is 10.8 Å². The molecule has 0 heterocycles. The van der Waals surface area contributed by atoms with Gasteiger partial charge >= 0.3 is 5.97 Å². The second-order valence-electron chi connectivity index (χ2n) is 4.66. The van der Waals surface area contributed by atoms with Crippen molar-refractivity contribution in [1.82, 2.24) is 0 Å². The van der Waals surface area contributed by atoms with Gasteiger partial charge in [0.1, 0.15) is 12.4 Å². The zero-order chi connectivity index (χ0) is 15.1. The van der Waals surface area contributed by atoms with Crippen LogP contribution in [0.4, 0.5) is 0 Å². The van der Waals surface area contributed by atoms with Gasteiger partial charge in [-0.2, -0.15) is 0 Å². The molecular formula is C17H20O4. The summed E-state index contributed by atoms with van der Waals surface area (Å²) in [6.07, 6.45) is 0.290. The lowest BCUT2D eigenvalue weighted by atomic mass is 10.1. The Bertz CT molecular complexity index is 607. The zero-order valence-electron chi connectivity index (χ0n) is 12.4. The molecule has 0 saturated carbocycles. The predicted octanol–water partition coefficient (Wildman–Crippen LogP) is 3.32. The molecule has 0 aliphatic carbocycles. The fourth-order valence-corrected chi connectivity index (χ4v) is 2.03. The van der Waals surface area contributed by atoms with E-state index in [0.717, 1.165) is 22.1 Å². The third kappa shape index (κ3) is 4.46. The Hall–Kier alpha value is -2.07. The maximum absolute atomic E-state index is 11.5. The first kappa shape index (κ1) is 15.3. The molecular weight excluding hydrogens is 268 g/mol. The van der Waals surface area contributed by atoms with Gasteiger partial charge < -0.3 is 14.2 Å². The molecule has 0 unspecified atom stereocenters. The number of carbonyl (C=O) groups excluding carboxylic acids is 1. The van der Waals surface area contributed by atoms with Crippen molar-refractivity contribution in [3.8, 4) is 5.75 Å². The summed E-state index contributed by atoms with van der Waals surface area (Å²) in [6, 6.07) is 11.9. The fraction of sp³-hybridized carbons (Fsp3) is 0.353. The van der Waals surface area contributed by atoms with E-state index in [2.05, 4.69) is 0 Å². The summed E-state index contributed by atoms with van der Waals surface area (Å²) in [4.78, 5) is 11.5. The number of ether oxygens (including phenoxy) is 3. The van der Waals surface area contributed by atoms with E-state index in [1.165, 1.54) is 0 Å². The molecule has 0 N–H and O–H groups in total. The largest absolute Gasteiger partial charge is 0.497 e. The number of hydrogen-bond donors (Lipinski definition) is 0. The average molecular weight is 288 g/mol. The molecule has 4 heteroatoms. The van der Waals surface area contributed by atoms with Crippen molar-refractivity contribution in [2.24, 2.45) is 0 Å². The van der Waals surface area contributed by atoms with Crippen LogP contribution < -0.4 is 4.74 Å². The molecule has 0 radical (unpaired) electrons. The zero-order valence-corrected chi connectivity index (χ0v) is 12.4. The van der Waals surface area contributed by atoms with Crippen LogP contribution in [0.2, 0.25) is 0 Å². The molecule has 2 rings (SSSR count). The third-order valence-electron chi connectivity index (χ3n) is 3.17. The van der Waals surface area contributed by atoms with Crippen molar-refractivity contribution in [1.29, 1.82) is 0 Å². The fourth-order valence-electron chi connectivity index (χ4n) is 2.03. The van der Waals surface area contributed by atoms with E-state index in [-0.39, 0.29) is 12.6 Å². The molecule has 0 aromatic heterocycles. The first-order valence-corrected chi connectivity index (χ1v) is 7.03. The van der Waals surface area contributed by atoms with Gasteiger partial charge in [-0.15, -0.1) is 0 Å². The Balaban J connectivity index is 1.95. The number of methoxy groups -OCH3 is 1. The quantitative estimate of drug-likeness (QED) is 0.579. The Morgan fingerprint density at radius 1 is 1.10 bits per heavy atom. The molecule has 0 fully saturated rings. The number of rotatable bonds is 7. The number of carbonyl (C=O) groups is 1. The number of esters is 1. The summed E-state index contributed by atoms with van der Waals surface area (Å²) >= 11 is 0. The molecule has 112 valence electrons. The van der Waals surface area contributed by atoms with E-state index in [0.29, 0.717) is 19.6 Å². The van der Waals surface area contributed by atoms with Crippen molar-refractivity contribution in [2.45, 2.75) is 20.0 Å². The highest BCUT2D eigenvalue weighted by molar-refractivity contribution is 5.84. The van der Waals surface area contributed by atoms with E-state index in [4.69, 9.17) is 14.2 Å². The van der Waals surface area contributed by atoms with Gasteiger partial charge in [-0.05, 0) is 41.5 Å². The predicted molar refractivity (Wildman–Crippen MR) is 81.4 cm³/mol. The van der Waals surface area contributed by atoms with Gasteiger partial charge in [0.15, 0.2) is 0 Å². The molecule has 0 amide bonds. The molecule has 4 nitrogen and oxygen atoms in total. The summed E-state index contributed by atoms with van der Waals surface area (Å²) < 4.78 is 15.5. The second-order valence-corrected chi connectivity index (χ2v) is 4.66. The van der Waals surface area contributed by atoms with Crippen molar-refractivity contribution in [2.75, 3.05) is 20.3 Å². The number of benzene rings is 2. The standard InChI is InChI=1S/C17H20O4/c1-3-20-9-8-17(18)21-12-13-4-5-15-11-16(19-2)7-6-14(15)10-13/h4-7,10-11H,3,8-9,12H2,1-2H3. The van der Waals surface area contributed by atoms with E-state index < -0.39 is 0 Å². The highest BCUT2D eigenvalue weighted by atomic mass is 16.5. The van der Waals surface area contributed by atoms with Crippen molar-refractivity contribution in [3.63, 3.8) is 0 Å². The van der Waals surface area contributed by atoms with Crippen LogP contribution in [0.15, 0.2) is 36.4 Å². The van der Waals surface area contributed by atoms with Crippen molar-refractivity contribution in [3.05, 3.63) is 42.0 Å². The van der Waals surface area contributed by atoms with Crippen LogP contribution in [0.3, 0.4) is 0 Å². The van der Waals surface area contributed by atoms with Gasteiger partial charge in [-0.1, -0.05) is 18.2 Å². The first-order chi connectivity index (χ1) is 10.2. The monoisotopic (exact) mass is 288 g/mol. The molecule has 0 aliphatic heterocycles. The second kappa shape index (κ2) is 7.64. The summed E-state index contributed by atoms with van der Waals surface area (Å²) in [7, 11) is 1.65. The van der Waals surface area contributed by atoms with Crippen LogP contribution in [0.5, 0.6) is 5.75 Å². The molecule has 0 saturated heterocycles. The summed E-state index contributed by atoms with van der Waals surface area (Å²) in [6.45, 7) is 3.20. The third-order valence-corrected chi connectivity index (χ3v) is 3.17. The highest BCUT2D eigenvalue weighted by Crippen LogP contribution is 2.22. The normalized spacial score (nSPS) is 10.6. The van der Waals surface area contributed by atoms with Gasteiger partial charge in [0.05, 0.1) is 20.1 Å². The van der Waals surface area contributed by atoms with Gasteiger partial charge in [-0.25, -0.2) is 0 Å². The van der Waals surface area contributed by atoms with Crippen LogP contribution in [-0.4, -0.2) is 26.3 Å². The lowest BCUT2D eigenvalue weighted by Gasteiger charge is -2.07. The Labute approximate surface area is 124 Å². The van der Waals surface area contributed by atoms with Crippen LogP contribution in [-0.2, 0) is 20.9 Å². The molecule has 0 spiro atoms. The van der Waals surface area contributed by atoms with Crippen LogP contribution in [0.1, 0.15) is 18.9 Å². The maximum Gasteiger partial charge on any atom is 0.308 e. The van der Waals surface area contributed by atoms with E-state index in [9.17, 15) is 4.79 Å². The summed E-state index contributed by atoms with van der Waals surface area (Å²) in [5, 5.41) is 2.19. The topological polar surface area (TPSA) is 44.8 Å². The minimum atomic E-state index is -0.238. The minimum Gasteiger partial charge on any atom is -0.497 e. The van der Waals surface area contributed by atoms with E-state index in [1.807, 2.05) is 43.3 Å². The maximum atomic E-state index is 11.5. The molecule has 0 aliphatic rings. The Kier molecular flexibility index (Phi) is 5.58. The first-order valence-electron chi connectivity index (χ1n) is 7.03. The molecule has 2 aromatic rings. The lowest BCUT2D eigenvalue weighted by molar-refractivity contribution is -0.146. The van der Waals surface area contributed by atoms with Gasteiger partial charge in [-0.3, -0.25) is 4.79 Å². The lowest BCUT2D eigenvalue weighted by Crippen LogP contribution is -2.08. The van der Waals surface area contributed by atoms with E-state index in [1.54, 1.807) is 7.11 Å².